The number of aliphatic carboxylic acids is 1. The van der Waals surface area contributed by atoms with Gasteiger partial charge in [0.25, 0.3) is 0 Å². The highest BCUT2D eigenvalue weighted by Gasteiger charge is 2.16. The van der Waals surface area contributed by atoms with E-state index >= 15 is 0 Å². The summed E-state index contributed by atoms with van der Waals surface area (Å²) in [6, 6.07) is 1.81. The van der Waals surface area contributed by atoms with Crippen molar-refractivity contribution < 1.29 is 19.4 Å². The first-order chi connectivity index (χ1) is 8.51. The minimum absolute atomic E-state index is 0.107. The molecule has 100 valence electrons. The number of carbonyl (C=O) groups is 1. The van der Waals surface area contributed by atoms with Gasteiger partial charge in [0, 0.05) is 12.0 Å². The first-order valence-electron chi connectivity index (χ1n) is 5.63. The van der Waals surface area contributed by atoms with Crippen LogP contribution in [0.5, 0.6) is 11.5 Å². The zero-order valence-electron chi connectivity index (χ0n) is 10.7. The van der Waals surface area contributed by atoms with Crippen molar-refractivity contribution in [3.63, 3.8) is 0 Å². The third kappa shape index (κ3) is 3.29. The monoisotopic (exact) mass is 272 g/mol. The molecule has 0 unspecified atom stereocenters. The van der Waals surface area contributed by atoms with Crippen molar-refractivity contribution in [2.45, 2.75) is 26.2 Å². The van der Waals surface area contributed by atoms with E-state index in [0.717, 1.165) is 11.1 Å². The fourth-order valence-electron chi connectivity index (χ4n) is 1.83. The van der Waals surface area contributed by atoms with Gasteiger partial charge >= 0.3 is 5.97 Å². The fourth-order valence-corrected chi connectivity index (χ4v) is 2.06. The van der Waals surface area contributed by atoms with Crippen LogP contribution in [0.25, 0.3) is 0 Å². The Hall–Kier alpha value is -1.42. The maximum Gasteiger partial charge on any atom is 0.303 e. The van der Waals surface area contributed by atoms with Crippen LogP contribution in [0.1, 0.15) is 24.0 Å². The third-order valence-electron chi connectivity index (χ3n) is 2.70. The maximum atomic E-state index is 10.5. The van der Waals surface area contributed by atoms with E-state index in [-0.39, 0.29) is 6.42 Å². The Morgan fingerprint density at radius 2 is 2.06 bits per heavy atom. The topological polar surface area (TPSA) is 55.8 Å². The van der Waals surface area contributed by atoms with Crippen LogP contribution in [0.4, 0.5) is 0 Å². The summed E-state index contributed by atoms with van der Waals surface area (Å²) >= 11 is 6.24. The summed E-state index contributed by atoms with van der Waals surface area (Å²) in [7, 11) is 3.11. The number of hydrogen-bond acceptors (Lipinski definition) is 3. The molecular formula is C13H17ClO4. The molecule has 1 aromatic carbocycles. The van der Waals surface area contributed by atoms with Crippen LogP contribution >= 0.6 is 11.6 Å². The standard InChI is InChI=1S/C13H17ClO4/c1-8-7-10(17-2)13(18-3)9(12(8)14)5-4-6-11(15)16/h7H,4-6H2,1-3H3,(H,15,16). The quantitative estimate of drug-likeness (QED) is 0.865. The molecule has 0 saturated carbocycles. The van der Waals surface area contributed by atoms with Crippen molar-refractivity contribution in [2.24, 2.45) is 0 Å². The zero-order chi connectivity index (χ0) is 13.7. The van der Waals surface area contributed by atoms with Crippen LogP contribution in [0, 0.1) is 6.92 Å². The van der Waals surface area contributed by atoms with Crippen LogP contribution in [-0.2, 0) is 11.2 Å². The largest absolute Gasteiger partial charge is 0.493 e. The number of halogens is 1. The zero-order valence-corrected chi connectivity index (χ0v) is 11.5. The van der Waals surface area contributed by atoms with Gasteiger partial charge in [-0.3, -0.25) is 4.79 Å². The predicted octanol–water partition coefficient (Wildman–Crippen LogP) is 3.07. The normalized spacial score (nSPS) is 10.2. The first-order valence-corrected chi connectivity index (χ1v) is 6.00. The summed E-state index contributed by atoms with van der Waals surface area (Å²) < 4.78 is 10.5. The van der Waals surface area contributed by atoms with E-state index < -0.39 is 5.97 Å². The van der Waals surface area contributed by atoms with Crippen LogP contribution in [0.2, 0.25) is 5.02 Å². The van der Waals surface area contributed by atoms with Crippen LogP contribution in [0.3, 0.4) is 0 Å². The molecule has 0 aromatic heterocycles. The van der Waals surface area contributed by atoms with Gasteiger partial charge in [-0.25, -0.2) is 0 Å². The van der Waals surface area contributed by atoms with Gasteiger partial charge in [-0.2, -0.15) is 0 Å². The number of carboxylic acids is 1. The van der Waals surface area contributed by atoms with Crippen LogP contribution in [-0.4, -0.2) is 25.3 Å². The maximum absolute atomic E-state index is 10.5. The van der Waals surface area contributed by atoms with E-state index in [1.54, 1.807) is 14.2 Å². The molecule has 0 bridgehead atoms. The lowest BCUT2D eigenvalue weighted by molar-refractivity contribution is -0.137. The molecule has 0 spiro atoms. The molecule has 0 heterocycles. The Labute approximate surface area is 111 Å². The summed E-state index contributed by atoms with van der Waals surface area (Å²) in [5.41, 5.74) is 1.69. The summed E-state index contributed by atoms with van der Waals surface area (Å²) in [5, 5.41) is 9.26. The molecule has 1 aromatic rings. The first kappa shape index (κ1) is 14.6. The van der Waals surface area contributed by atoms with E-state index in [2.05, 4.69) is 0 Å². The molecule has 0 saturated heterocycles. The molecule has 0 fully saturated rings. The molecule has 0 amide bonds. The molecule has 18 heavy (non-hydrogen) atoms. The van der Waals surface area contributed by atoms with Gasteiger partial charge < -0.3 is 14.6 Å². The number of methoxy groups -OCH3 is 2. The fraction of sp³-hybridized carbons (Fsp3) is 0.462. The van der Waals surface area contributed by atoms with E-state index in [1.807, 2.05) is 13.0 Å². The van der Waals surface area contributed by atoms with Crippen molar-refractivity contribution in [2.75, 3.05) is 14.2 Å². The molecule has 4 nitrogen and oxygen atoms in total. The minimum atomic E-state index is -0.815. The highest BCUT2D eigenvalue weighted by molar-refractivity contribution is 6.32. The molecule has 5 heteroatoms. The SMILES string of the molecule is COc1cc(C)c(Cl)c(CCCC(=O)O)c1OC. The lowest BCUT2D eigenvalue weighted by Gasteiger charge is -2.16. The van der Waals surface area contributed by atoms with Crippen molar-refractivity contribution >= 4 is 17.6 Å². The van der Waals surface area contributed by atoms with E-state index in [1.165, 1.54) is 0 Å². The number of aryl methyl sites for hydroxylation is 1. The Morgan fingerprint density at radius 3 is 2.56 bits per heavy atom. The van der Waals surface area contributed by atoms with Crippen molar-refractivity contribution in [3.8, 4) is 11.5 Å². The smallest absolute Gasteiger partial charge is 0.303 e. The summed E-state index contributed by atoms with van der Waals surface area (Å²) in [5.74, 6) is 0.382. The van der Waals surface area contributed by atoms with Gasteiger partial charge in [0.15, 0.2) is 11.5 Å². The average molecular weight is 273 g/mol. The van der Waals surface area contributed by atoms with Gasteiger partial charge in [0.2, 0.25) is 0 Å². The third-order valence-corrected chi connectivity index (χ3v) is 3.22. The molecule has 0 atom stereocenters. The van der Waals surface area contributed by atoms with Crippen LogP contribution in [0.15, 0.2) is 6.07 Å². The van der Waals surface area contributed by atoms with Gasteiger partial charge in [-0.1, -0.05) is 11.6 Å². The van der Waals surface area contributed by atoms with E-state index in [4.69, 9.17) is 26.2 Å². The molecule has 1 N–H and O–H groups in total. The van der Waals surface area contributed by atoms with Crippen molar-refractivity contribution in [3.05, 3.63) is 22.2 Å². The predicted molar refractivity (Wildman–Crippen MR) is 69.9 cm³/mol. The Morgan fingerprint density at radius 1 is 1.39 bits per heavy atom. The molecule has 1 rings (SSSR count). The van der Waals surface area contributed by atoms with Gasteiger partial charge in [0.05, 0.1) is 19.2 Å². The Kier molecular flexibility index (Phi) is 5.28. The average Bonchev–Trinajstić information content (AvgIpc) is 2.33. The second-order valence-corrected chi connectivity index (χ2v) is 4.35. The summed E-state index contributed by atoms with van der Waals surface area (Å²) in [6.07, 6.45) is 1.17. The molecule has 0 aliphatic rings. The number of benzene rings is 1. The van der Waals surface area contributed by atoms with Gasteiger partial charge in [-0.15, -0.1) is 0 Å². The Balaban J connectivity index is 3.06. The van der Waals surface area contributed by atoms with Gasteiger partial charge in [0.1, 0.15) is 0 Å². The van der Waals surface area contributed by atoms with Crippen molar-refractivity contribution in [1.29, 1.82) is 0 Å². The van der Waals surface area contributed by atoms with Crippen molar-refractivity contribution in [1.82, 2.24) is 0 Å². The van der Waals surface area contributed by atoms with Gasteiger partial charge in [-0.05, 0) is 31.4 Å². The van der Waals surface area contributed by atoms with E-state index in [9.17, 15) is 4.79 Å². The number of hydrogen-bond donors (Lipinski definition) is 1. The number of ether oxygens (including phenoxy) is 2. The lowest BCUT2D eigenvalue weighted by Crippen LogP contribution is -2.01. The second kappa shape index (κ2) is 6.50. The molecule has 0 aliphatic carbocycles. The minimum Gasteiger partial charge on any atom is -0.493 e. The summed E-state index contributed by atoms with van der Waals surface area (Å²) in [4.78, 5) is 10.5. The highest BCUT2D eigenvalue weighted by atomic mass is 35.5. The summed E-state index contributed by atoms with van der Waals surface area (Å²) in [6.45, 7) is 1.88. The Bertz CT molecular complexity index is 443. The van der Waals surface area contributed by atoms with E-state index in [0.29, 0.717) is 29.4 Å². The lowest BCUT2D eigenvalue weighted by atomic mass is 10.0. The molecule has 0 radical (unpaired) electrons. The number of rotatable bonds is 6. The second-order valence-electron chi connectivity index (χ2n) is 3.97. The molecule has 0 aliphatic heterocycles. The highest BCUT2D eigenvalue weighted by Crippen LogP contribution is 2.39. The molecular weight excluding hydrogens is 256 g/mol. The van der Waals surface area contributed by atoms with Crippen LogP contribution < -0.4 is 9.47 Å². The number of carboxylic acid groups (broad SMARTS) is 1.